The molecule has 3 heterocycles. The Hall–Kier alpha value is -1.60. The van der Waals surface area contributed by atoms with Crippen molar-refractivity contribution in [2.45, 2.75) is 39.0 Å². The van der Waals surface area contributed by atoms with Gasteiger partial charge in [-0.05, 0) is 48.3 Å². The third-order valence-electron chi connectivity index (χ3n) is 3.99. The number of hydrogen-bond donors (Lipinski definition) is 0. The number of ether oxygens (including phenoxy) is 2. The minimum Gasteiger partial charge on any atom is -0.450 e. The second-order valence-electron chi connectivity index (χ2n) is 5.69. The van der Waals surface area contributed by atoms with Crippen molar-refractivity contribution in [3.05, 3.63) is 34.7 Å². The van der Waals surface area contributed by atoms with Crippen LogP contribution in [0.2, 0.25) is 0 Å². The lowest BCUT2D eigenvalue weighted by atomic mass is 10.2. The molecule has 0 spiro atoms. The Labute approximate surface area is 143 Å². The maximum absolute atomic E-state index is 11.9. The molecule has 124 valence electrons. The van der Waals surface area contributed by atoms with Crippen molar-refractivity contribution in [3.63, 3.8) is 0 Å². The first-order valence-corrected chi connectivity index (χ1v) is 8.55. The smallest absolute Gasteiger partial charge is 0.410 e. The molecule has 2 atom stereocenters. The summed E-state index contributed by atoms with van der Waals surface area (Å²) >= 11 is 3.49. The molecule has 1 saturated heterocycles. The standard InChI is InChI=1S/C16H20BrN3O3/c1-3-22-16(21)20-9-13(7-11(20)2)23-10-12-8-19-6-4-5-14(17)15(19)18-12/h4-6,8,11,13H,3,7,9-10H2,1-2H3/t11-,13-/m1/s1. The second-order valence-corrected chi connectivity index (χ2v) is 6.54. The third kappa shape index (κ3) is 3.50. The summed E-state index contributed by atoms with van der Waals surface area (Å²) in [6, 6.07) is 4.05. The summed E-state index contributed by atoms with van der Waals surface area (Å²) in [7, 11) is 0. The van der Waals surface area contributed by atoms with Crippen LogP contribution < -0.4 is 0 Å². The van der Waals surface area contributed by atoms with E-state index in [2.05, 4.69) is 20.9 Å². The maximum atomic E-state index is 11.9. The molecule has 6 nitrogen and oxygen atoms in total. The van der Waals surface area contributed by atoms with Crippen molar-refractivity contribution in [2.75, 3.05) is 13.2 Å². The number of pyridine rings is 1. The van der Waals surface area contributed by atoms with Crippen LogP contribution in [-0.2, 0) is 16.1 Å². The number of amides is 1. The summed E-state index contributed by atoms with van der Waals surface area (Å²) in [6.45, 7) is 5.22. The van der Waals surface area contributed by atoms with Gasteiger partial charge in [0.2, 0.25) is 0 Å². The van der Waals surface area contributed by atoms with Crippen molar-refractivity contribution in [1.82, 2.24) is 14.3 Å². The van der Waals surface area contributed by atoms with Gasteiger partial charge < -0.3 is 18.8 Å². The number of rotatable bonds is 4. The zero-order chi connectivity index (χ0) is 16.4. The summed E-state index contributed by atoms with van der Waals surface area (Å²) in [5.41, 5.74) is 1.75. The Balaban J connectivity index is 1.60. The van der Waals surface area contributed by atoms with Crippen LogP contribution in [0, 0.1) is 0 Å². The second kappa shape index (κ2) is 6.88. The molecule has 2 aromatic heterocycles. The highest BCUT2D eigenvalue weighted by atomic mass is 79.9. The molecule has 7 heteroatoms. The molecule has 1 aliphatic heterocycles. The van der Waals surface area contributed by atoms with Gasteiger partial charge in [-0.3, -0.25) is 0 Å². The van der Waals surface area contributed by atoms with Crippen molar-refractivity contribution < 1.29 is 14.3 Å². The molecule has 0 aromatic carbocycles. The van der Waals surface area contributed by atoms with Crippen molar-refractivity contribution in [1.29, 1.82) is 0 Å². The molecule has 0 N–H and O–H groups in total. The fourth-order valence-electron chi connectivity index (χ4n) is 2.87. The van der Waals surface area contributed by atoms with E-state index in [0.717, 1.165) is 22.2 Å². The lowest BCUT2D eigenvalue weighted by molar-refractivity contribution is 0.0427. The summed E-state index contributed by atoms with van der Waals surface area (Å²) in [5.74, 6) is 0. The molecule has 3 rings (SSSR count). The number of imidazole rings is 1. The zero-order valence-electron chi connectivity index (χ0n) is 13.2. The van der Waals surface area contributed by atoms with E-state index in [1.54, 1.807) is 4.90 Å². The Morgan fingerprint density at radius 2 is 2.35 bits per heavy atom. The number of halogens is 1. The molecule has 0 unspecified atom stereocenters. The average Bonchev–Trinajstić information content (AvgIpc) is 3.09. The molecule has 0 radical (unpaired) electrons. The van der Waals surface area contributed by atoms with Crippen LogP contribution in [0.1, 0.15) is 26.0 Å². The normalized spacial score (nSPS) is 21.1. The highest BCUT2D eigenvalue weighted by Gasteiger charge is 2.33. The van der Waals surface area contributed by atoms with Gasteiger partial charge in [0.15, 0.2) is 5.65 Å². The molecule has 1 aliphatic rings. The summed E-state index contributed by atoms with van der Waals surface area (Å²) < 4.78 is 13.9. The lowest BCUT2D eigenvalue weighted by Crippen LogP contribution is -2.35. The van der Waals surface area contributed by atoms with E-state index in [-0.39, 0.29) is 18.2 Å². The predicted octanol–water partition coefficient (Wildman–Crippen LogP) is 3.23. The van der Waals surface area contributed by atoms with Gasteiger partial charge >= 0.3 is 6.09 Å². The van der Waals surface area contributed by atoms with E-state index in [0.29, 0.717) is 19.8 Å². The van der Waals surface area contributed by atoms with Gasteiger partial charge in [0.05, 0.1) is 36.0 Å². The third-order valence-corrected chi connectivity index (χ3v) is 4.61. The van der Waals surface area contributed by atoms with E-state index in [1.165, 1.54) is 0 Å². The van der Waals surface area contributed by atoms with Crippen LogP contribution >= 0.6 is 15.9 Å². The van der Waals surface area contributed by atoms with Gasteiger partial charge in [-0.2, -0.15) is 0 Å². The van der Waals surface area contributed by atoms with Gasteiger partial charge in [-0.15, -0.1) is 0 Å². The monoisotopic (exact) mass is 381 g/mol. The van der Waals surface area contributed by atoms with Crippen LogP contribution in [0.5, 0.6) is 0 Å². The first-order valence-electron chi connectivity index (χ1n) is 7.75. The number of carbonyl (C=O) groups excluding carboxylic acids is 1. The van der Waals surface area contributed by atoms with Crippen LogP contribution in [-0.4, -0.2) is 45.7 Å². The van der Waals surface area contributed by atoms with Crippen LogP contribution in [0.3, 0.4) is 0 Å². The highest BCUT2D eigenvalue weighted by Crippen LogP contribution is 2.22. The average molecular weight is 382 g/mol. The minimum atomic E-state index is -0.261. The fourth-order valence-corrected chi connectivity index (χ4v) is 3.31. The van der Waals surface area contributed by atoms with Crippen LogP contribution in [0.25, 0.3) is 5.65 Å². The van der Waals surface area contributed by atoms with E-state index < -0.39 is 0 Å². The van der Waals surface area contributed by atoms with Gasteiger partial charge in [-0.1, -0.05) is 0 Å². The van der Waals surface area contributed by atoms with E-state index in [1.807, 2.05) is 42.8 Å². The topological polar surface area (TPSA) is 56.1 Å². The fraction of sp³-hybridized carbons (Fsp3) is 0.500. The first-order chi connectivity index (χ1) is 11.1. The molecule has 2 aromatic rings. The van der Waals surface area contributed by atoms with Crippen molar-refractivity contribution in [3.8, 4) is 0 Å². The molecule has 0 aliphatic carbocycles. The summed E-state index contributed by atoms with van der Waals surface area (Å²) in [4.78, 5) is 18.1. The van der Waals surface area contributed by atoms with Gasteiger partial charge in [0.1, 0.15) is 0 Å². The Morgan fingerprint density at radius 1 is 1.52 bits per heavy atom. The SMILES string of the molecule is CCOC(=O)N1C[C@H](OCc2cn3cccc(Br)c3n2)C[C@H]1C. The minimum absolute atomic E-state index is 0.0164. The Bertz CT molecular complexity index is 703. The van der Waals surface area contributed by atoms with Gasteiger partial charge in [0, 0.05) is 18.4 Å². The summed E-state index contributed by atoms with van der Waals surface area (Å²) in [6.07, 6.45) is 4.49. The molecule has 0 bridgehead atoms. The molecule has 23 heavy (non-hydrogen) atoms. The van der Waals surface area contributed by atoms with E-state index >= 15 is 0 Å². The molecular weight excluding hydrogens is 362 g/mol. The first kappa shape index (κ1) is 16.3. The number of hydrogen-bond acceptors (Lipinski definition) is 4. The molecule has 1 fully saturated rings. The summed E-state index contributed by atoms with van der Waals surface area (Å²) in [5, 5.41) is 0. The van der Waals surface area contributed by atoms with E-state index in [9.17, 15) is 4.79 Å². The predicted molar refractivity (Wildman–Crippen MR) is 89.3 cm³/mol. The number of nitrogens with zero attached hydrogens (tertiary/aromatic N) is 3. The Morgan fingerprint density at radius 3 is 3.09 bits per heavy atom. The molecular formula is C16H20BrN3O3. The van der Waals surface area contributed by atoms with Crippen LogP contribution in [0.4, 0.5) is 4.79 Å². The number of likely N-dealkylation sites (tertiary alicyclic amines) is 1. The van der Waals surface area contributed by atoms with Gasteiger partial charge in [0.25, 0.3) is 0 Å². The zero-order valence-corrected chi connectivity index (χ0v) is 14.8. The number of carbonyl (C=O) groups is 1. The molecule has 1 amide bonds. The van der Waals surface area contributed by atoms with Crippen LogP contribution in [0.15, 0.2) is 29.0 Å². The quantitative estimate of drug-likeness (QED) is 0.815. The molecule has 0 saturated carbocycles. The van der Waals surface area contributed by atoms with Crippen molar-refractivity contribution in [2.24, 2.45) is 0 Å². The Kier molecular flexibility index (Phi) is 4.87. The highest BCUT2D eigenvalue weighted by molar-refractivity contribution is 9.10. The largest absolute Gasteiger partial charge is 0.450 e. The van der Waals surface area contributed by atoms with Crippen molar-refractivity contribution >= 4 is 27.7 Å². The lowest BCUT2D eigenvalue weighted by Gasteiger charge is -2.19. The number of fused-ring (bicyclic) bond motifs is 1. The maximum Gasteiger partial charge on any atom is 0.410 e. The number of aromatic nitrogens is 2. The van der Waals surface area contributed by atoms with Gasteiger partial charge in [-0.25, -0.2) is 9.78 Å². The van der Waals surface area contributed by atoms with E-state index in [4.69, 9.17) is 9.47 Å².